The van der Waals surface area contributed by atoms with Gasteiger partial charge in [0.05, 0.1) is 0 Å². The van der Waals surface area contributed by atoms with E-state index in [0.717, 1.165) is 5.69 Å². The summed E-state index contributed by atoms with van der Waals surface area (Å²) in [4.78, 5) is 4.60. The fourth-order valence-corrected chi connectivity index (χ4v) is 2.98. The first-order valence-electron chi connectivity index (χ1n) is 7.66. The Morgan fingerprint density at radius 2 is 1.84 bits per heavy atom. The lowest BCUT2D eigenvalue weighted by atomic mass is 9.99. The van der Waals surface area contributed by atoms with E-state index in [-0.39, 0.29) is 0 Å². The number of hydrogen-bond donors (Lipinski definition) is 1. The normalized spacial score (nSPS) is 14.4. The van der Waals surface area contributed by atoms with Gasteiger partial charge in [-0.25, -0.2) is 0 Å². The highest BCUT2D eigenvalue weighted by Crippen LogP contribution is 2.22. The minimum absolute atomic E-state index is 0.379. The molecule has 0 aliphatic rings. The number of pyridine rings is 1. The maximum absolute atomic E-state index is 4.60. The molecule has 2 heteroatoms. The van der Waals surface area contributed by atoms with Gasteiger partial charge in [0, 0.05) is 23.5 Å². The largest absolute Gasteiger partial charge is 0.308 e. The van der Waals surface area contributed by atoms with Gasteiger partial charge in [-0.3, -0.25) is 4.98 Å². The van der Waals surface area contributed by atoms with E-state index >= 15 is 0 Å². The Balaban J connectivity index is 2.65. The number of aromatic nitrogens is 1. The van der Waals surface area contributed by atoms with Crippen LogP contribution in [0.3, 0.4) is 0 Å². The van der Waals surface area contributed by atoms with Crippen molar-refractivity contribution >= 4 is 0 Å². The van der Waals surface area contributed by atoms with Crippen molar-refractivity contribution in [2.24, 2.45) is 0 Å². The summed E-state index contributed by atoms with van der Waals surface area (Å²) >= 11 is 0. The summed E-state index contributed by atoms with van der Waals surface area (Å²) in [6.07, 6.45) is 5.21. The Kier molecular flexibility index (Phi) is 6.50. The van der Waals surface area contributed by atoms with Crippen LogP contribution in [0, 0.1) is 20.8 Å². The van der Waals surface area contributed by atoms with Crippen LogP contribution in [-0.4, -0.2) is 11.0 Å². The third kappa shape index (κ3) is 4.94. The van der Waals surface area contributed by atoms with Crippen LogP contribution in [0.15, 0.2) is 6.07 Å². The van der Waals surface area contributed by atoms with E-state index in [1.165, 1.54) is 42.5 Å². The highest BCUT2D eigenvalue weighted by molar-refractivity contribution is 5.33. The molecule has 0 saturated heterocycles. The van der Waals surface area contributed by atoms with E-state index < -0.39 is 0 Å². The van der Waals surface area contributed by atoms with Gasteiger partial charge in [0.1, 0.15) is 0 Å². The lowest BCUT2D eigenvalue weighted by Gasteiger charge is -2.23. The van der Waals surface area contributed by atoms with Crippen LogP contribution >= 0.6 is 0 Å². The fourth-order valence-electron chi connectivity index (χ4n) is 2.98. The molecule has 1 heterocycles. The van der Waals surface area contributed by atoms with E-state index in [9.17, 15) is 0 Å². The van der Waals surface area contributed by atoms with Crippen molar-refractivity contribution < 1.29 is 0 Å². The summed E-state index contributed by atoms with van der Waals surface area (Å²) in [5.74, 6) is 0. The molecule has 0 aliphatic carbocycles. The summed E-state index contributed by atoms with van der Waals surface area (Å²) in [6.45, 7) is 13.2. The molecule has 0 spiro atoms. The van der Waals surface area contributed by atoms with Crippen LogP contribution in [0.2, 0.25) is 0 Å². The molecular formula is C17H30N2. The molecule has 1 aromatic heterocycles. The van der Waals surface area contributed by atoms with Crippen LogP contribution in [0.25, 0.3) is 0 Å². The molecular weight excluding hydrogens is 232 g/mol. The minimum Gasteiger partial charge on any atom is -0.308 e. The Morgan fingerprint density at radius 1 is 1.16 bits per heavy atom. The van der Waals surface area contributed by atoms with E-state index in [1.807, 2.05) is 0 Å². The van der Waals surface area contributed by atoms with Crippen molar-refractivity contribution in [2.75, 3.05) is 0 Å². The van der Waals surface area contributed by atoms with Crippen molar-refractivity contribution in [1.82, 2.24) is 10.3 Å². The first kappa shape index (κ1) is 16.2. The SMILES string of the molecule is CCCCCC(C)NC(C)c1c(C)cc(C)nc1C. The number of aryl methyl sites for hydroxylation is 3. The molecule has 0 radical (unpaired) electrons. The van der Waals surface area contributed by atoms with Gasteiger partial charge in [0.2, 0.25) is 0 Å². The van der Waals surface area contributed by atoms with E-state index in [1.54, 1.807) is 0 Å². The zero-order valence-corrected chi connectivity index (χ0v) is 13.5. The number of unbranched alkanes of at least 4 members (excludes halogenated alkanes) is 2. The first-order valence-corrected chi connectivity index (χ1v) is 7.66. The molecule has 2 nitrogen and oxygen atoms in total. The second kappa shape index (κ2) is 7.64. The number of hydrogen-bond acceptors (Lipinski definition) is 2. The molecule has 2 unspecified atom stereocenters. The molecule has 0 aromatic carbocycles. The summed E-state index contributed by atoms with van der Waals surface area (Å²) < 4.78 is 0. The maximum Gasteiger partial charge on any atom is 0.0426 e. The van der Waals surface area contributed by atoms with Gasteiger partial charge in [0.15, 0.2) is 0 Å². The third-order valence-electron chi connectivity index (χ3n) is 3.79. The molecule has 0 aliphatic heterocycles. The Hall–Kier alpha value is -0.890. The zero-order chi connectivity index (χ0) is 14.4. The topological polar surface area (TPSA) is 24.9 Å². The minimum atomic E-state index is 0.379. The van der Waals surface area contributed by atoms with Gasteiger partial charge in [-0.15, -0.1) is 0 Å². The molecule has 108 valence electrons. The lowest BCUT2D eigenvalue weighted by molar-refractivity contribution is 0.437. The molecule has 0 saturated carbocycles. The standard InChI is InChI=1S/C17H30N2/c1-7-8-9-10-13(3)18-15(5)17-12(2)11-14(4)19-16(17)6/h11,13,15,18H,7-10H2,1-6H3. The molecule has 1 N–H and O–H groups in total. The first-order chi connectivity index (χ1) is 8.95. The molecule has 0 bridgehead atoms. The monoisotopic (exact) mass is 262 g/mol. The third-order valence-corrected chi connectivity index (χ3v) is 3.79. The highest BCUT2D eigenvalue weighted by Gasteiger charge is 2.14. The van der Waals surface area contributed by atoms with Crippen LogP contribution in [0.5, 0.6) is 0 Å². The van der Waals surface area contributed by atoms with Crippen molar-refractivity contribution in [2.45, 2.75) is 79.3 Å². The number of nitrogens with one attached hydrogen (secondary N) is 1. The molecule has 0 amide bonds. The number of nitrogens with zero attached hydrogens (tertiary/aromatic N) is 1. The van der Waals surface area contributed by atoms with Gasteiger partial charge in [-0.05, 0) is 58.2 Å². The van der Waals surface area contributed by atoms with Gasteiger partial charge in [-0.2, -0.15) is 0 Å². The van der Waals surface area contributed by atoms with Gasteiger partial charge >= 0.3 is 0 Å². The van der Waals surface area contributed by atoms with Crippen LogP contribution < -0.4 is 5.32 Å². The number of rotatable bonds is 7. The van der Waals surface area contributed by atoms with Crippen LogP contribution in [0.1, 0.15) is 75.0 Å². The van der Waals surface area contributed by atoms with Crippen molar-refractivity contribution in [1.29, 1.82) is 0 Å². The van der Waals surface area contributed by atoms with Gasteiger partial charge in [0.25, 0.3) is 0 Å². The summed E-state index contributed by atoms with van der Waals surface area (Å²) in [5, 5.41) is 3.72. The Morgan fingerprint density at radius 3 is 2.42 bits per heavy atom. The second-order valence-electron chi connectivity index (χ2n) is 5.86. The van der Waals surface area contributed by atoms with Crippen LogP contribution in [0.4, 0.5) is 0 Å². The van der Waals surface area contributed by atoms with E-state index in [2.05, 4.69) is 57.9 Å². The Labute approximate surface area is 119 Å². The maximum atomic E-state index is 4.60. The van der Waals surface area contributed by atoms with Gasteiger partial charge in [-0.1, -0.05) is 26.2 Å². The summed E-state index contributed by atoms with van der Waals surface area (Å²) in [5.41, 5.74) is 5.00. The fraction of sp³-hybridized carbons (Fsp3) is 0.706. The van der Waals surface area contributed by atoms with Crippen molar-refractivity contribution in [3.8, 4) is 0 Å². The van der Waals surface area contributed by atoms with Crippen molar-refractivity contribution in [3.63, 3.8) is 0 Å². The quantitative estimate of drug-likeness (QED) is 0.725. The van der Waals surface area contributed by atoms with Gasteiger partial charge < -0.3 is 5.32 Å². The molecule has 1 rings (SSSR count). The second-order valence-corrected chi connectivity index (χ2v) is 5.86. The predicted octanol–water partition coefficient (Wildman–Crippen LogP) is 4.63. The smallest absolute Gasteiger partial charge is 0.0426 e. The molecule has 0 fully saturated rings. The van der Waals surface area contributed by atoms with E-state index in [4.69, 9.17) is 0 Å². The lowest BCUT2D eigenvalue weighted by Crippen LogP contribution is -2.30. The molecule has 19 heavy (non-hydrogen) atoms. The average molecular weight is 262 g/mol. The molecule has 2 atom stereocenters. The summed E-state index contributed by atoms with van der Waals surface area (Å²) in [6, 6.07) is 3.13. The summed E-state index contributed by atoms with van der Waals surface area (Å²) in [7, 11) is 0. The zero-order valence-electron chi connectivity index (χ0n) is 13.5. The molecule has 1 aromatic rings. The van der Waals surface area contributed by atoms with E-state index in [0.29, 0.717) is 12.1 Å². The van der Waals surface area contributed by atoms with Crippen molar-refractivity contribution in [3.05, 3.63) is 28.6 Å². The van der Waals surface area contributed by atoms with Crippen LogP contribution in [-0.2, 0) is 0 Å². The Bertz CT molecular complexity index is 375. The highest BCUT2D eigenvalue weighted by atomic mass is 14.9. The predicted molar refractivity (Wildman–Crippen MR) is 83.6 cm³/mol. The average Bonchev–Trinajstić information content (AvgIpc) is 2.27.